The highest BCUT2D eigenvalue weighted by Crippen LogP contribution is 2.24. The van der Waals surface area contributed by atoms with Crippen molar-refractivity contribution in [1.82, 2.24) is 4.57 Å². The van der Waals surface area contributed by atoms with Crippen LogP contribution in [0.3, 0.4) is 0 Å². The summed E-state index contributed by atoms with van der Waals surface area (Å²) in [4.78, 5) is 23.0. The lowest BCUT2D eigenvalue weighted by molar-refractivity contribution is 0.0520. The molecule has 0 radical (unpaired) electrons. The van der Waals surface area contributed by atoms with Crippen LogP contribution in [0.25, 0.3) is 0 Å². The first-order chi connectivity index (χ1) is 7.41. The van der Waals surface area contributed by atoms with Crippen LogP contribution in [0.2, 0.25) is 5.02 Å². The first-order valence-electron chi connectivity index (χ1n) is 4.67. The fraction of sp³-hybridized carbons (Fsp3) is 0.400. The summed E-state index contributed by atoms with van der Waals surface area (Å²) in [5.41, 5.74) is -0.403. The molecule has 0 aromatic carbocycles. The minimum atomic E-state index is -0.699. The summed E-state index contributed by atoms with van der Waals surface area (Å²) in [6, 6.07) is 0. The maximum absolute atomic E-state index is 11.5. The Morgan fingerprint density at radius 2 is 2.12 bits per heavy atom. The molecule has 5 nitrogen and oxygen atoms in total. The van der Waals surface area contributed by atoms with Crippen molar-refractivity contribution in [3.8, 4) is 5.88 Å². The van der Waals surface area contributed by atoms with Gasteiger partial charge in [-0.15, -0.1) is 0 Å². The second-order valence-corrected chi connectivity index (χ2v) is 3.60. The first-order valence-corrected chi connectivity index (χ1v) is 5.04. The Labute approximate surface area is 97.2 Å². The van der Waals surface area contributed by atoms with Crippen LogP contribution >= 0.6 is 11.6 Å². The van der Waals surface area contributed by atoms with Gasteiger partial charge < -0.3 is 9.84 Å². The molecule has 1 rings (SSSR count). The van der Waals surface area contributed by atoms with E-state index < -0.39 is 17.4 Å². The third-order valence-corrected chi connectivity index (χ3v) is 2.66. The average Bonchev–Trinajstić information content (AvgIpc) is 2.24. The number of ether oxygens (including phenoxy) is 1. The van der Waals surface area contributed by atoms with Crippen LogP contribution in [0.15, 0.2) is 4.79 Å². The number of halogens is 1. The maximum Gasteiger partial charge on any atom is 0.343 e. The molecule has 1 aromatic heterocycles. The van der Waals surface area contributed by atoms with E-state index in [-0.39, 0.29) is 22.8 Å². The molecule has 0 bridgehead atoms. The Kier molecular flexibility index (Phi) is 3.59. The standard InChI is InChI=1S/C10H12ClNO4/c1-4-16-10(15)6-5(2)7(11)9(14)12(3)8(6)13/h13H,4H2,1-3H3. The number of nitrogens with zero attached hydrogens (tertiary/aromatic N) is 1. The molecule has 0 spiro atoms. The van der Waals surface area contributed by atoms with Crippen LogP contribution in [0.5, 0.6) is 5.88 Å². The van der Waals surface area contributed by atoms with Gasteiger partial charge >= 0.3 is 5.97 Å². The van der Waals surface area contributed by atoms with Crippen molar-refractivity contribution in [2.24, 2.45) is 7.05 Å². The van der Waals surface area contributed by atoms with E-state index in [9.17, 15) is 14.7 Å². The predicted molar refractivity (Wildman–Crippen MR) is 59.1 cm³/mol. The largest absolute Gasteiger partial charge is 0.494 e. The van der Waals surface area contributed by atoms with E-state index in [0.29, 0.717) is 0 Å². The van der Waals surface area contributed by atoms with Crippen molar-refractivity contribution in [3.05, 3.63) is 26.5 Å². The van der Waals surface area contributed by atoms with Crippen LogP contribution in [0.4, 0.5) is 0 Å². The molecule has 1 N–H and O–H groups in total. The van der Waals surface area contributed by atoms with Gasteiger partial charge in [-0.3, -0.25) is 9.36 Å². The van der Waals surface area contributed by atoms with Crippen LogP contribution < -0.4 is 5.56 Å². The molecular weight excluding hydrogens is 234 g/mol. The van der Waals surface area contributed by atoms with Crippen molar-refractivity contribution in [3.63, 3.8) is 0 Å². The third-order valence-electron chi connectivity index (χ3n) is 2.22. The van der Waals surface area contributed by atoms with Gasteiger partial charge in [0, 0.05) is 7.05 Å². The molecule has 0 fully saturated rings. The highest BCUT2D eigenvalue weighted by molar-refractivity contribution is 6.31. The van der Waals surface area contributed by atoms with Crippen molar-refractivity contribution in [2.75, 3.05) is 6.61 Å². The lowest BCUT2D eigenvalue weighted by atomic mass is 10.1. The molecule has 1 heterocycles. The molecule has 16 heavy (non-hydrogen) atoms. The molecular formula is C10H12ClNO4. The SMILES string of the molecule is CCOC(=O)c1c(C)c(Cl)c(=O)n(C)c1O. The highest BCUT2D eigenvalue weighted by Gasteiger charge is 2.22. The van der Waals surface area contributed by atoms with Gasteiger partial charge in [0.1, 0.15) is 10.6 Å². The zero-order valence-corrected chi connectivity index (χ0v) is 9.96. The molecule has 0 aliphatic heterocycles. The number of pyridine rings is 1. The Hall–Kier alpha value is -1.49. The van der Waals surface area contributed by atoms with E-state index in [1.54, 1.807) is 6.92 Å². The summed E-state index contributed by atoms with van der Waals surface area (Å²) in [7, 11) is 1.33. The van der Waals surface area contributed by atoms with Crippen LogP contribution in [-0.4, -0.2) is 22.2 Å². The first kappa shape index (κ1) is 12.6. The Balaban J connectivity index is 3.52. The molecule has 1 aromatic rings. The van der Waals surface area contributed by atoms with E-state index in [1.807, 2.05) is 0 Å². The topological polar surface area (TPSA) is 68.5 Å². The summed E-state index contributed by atoms with van der Waals surface area (Å²) in [6.07, 6.45) is 0. The zero-order valence-electron chi connectivity index (χ0n) is 9.20. The van der Waals surface area contributed by atoms with Crippen molar-refractivity contribution < 1.29 is 14.6 Å². The van der Waals surface area contributed by atoms with Gasteiger partial charge in [0.2, 0.25) is 5.88 Å². The lowest BCUT2D eigenvalue weighted by Crippen LogP contribution is -2.22. The van der Waals surface area contributed by atoms with E-state index in [4.69, 9.17) is 16.3 Å². The number of carbonyl (C=O) groups is 1. The van der Waals surface area contributed by atoms with Gasteiger partial charge in [0.15, 0.2) is 0 Å². The molecule has 6 heteroatoms. The van der Waals surface area contributed by atoms with Gasteiger partial charge in [-0.25, -0.2) is 4.79 Å². The van der Waals surface area contributed by atoms with Crippen molar-refractivity contribution >= 4 is 17.6 Å². The monoisotopic (exact) mass is 245 g/mol. The number of aromatic hydroxyl groups is 1. The number of hydrogen-bond donors (Lipinski definition) is 1. The normalized spacial score (nSPS) is 10.2. The lowest BCUT2D eigenvalue weighted by Gasteiger charge is -2.11. The van der Waals surface area contributed by atoms with Gasteiger partial charge in [-0.2, -0.15) is 0 Å². The Bertz CT molecular complexity index is 460. The van der Waals surface area contributed by atoms with Crippen LogP contribution in [0.1, 0.15) is 22.8 Å². The highest BCUT2D eigenvalue weighted by atomic mass is 35.5. The number of esters is 1. The molecule has 0 aliphatic carbocycles. The van der Waals surface area contributed by atoms with Crippen LogP contribution in [0, 0.1) is 6.92 Å². The summed E-state index contributed by atoms with van der Waals surface area (Å²) in [5, 5.41) is 9.59. The second kappa shape index (κ2) is 4.57. The average molecular weight is 246 g/mol. The fourth-order valence-electron chi connectivity index (χ4n) is 1.30. The van der Waals surface area contributed by atoms with Gasteiger partial charge in [-0.1, -0.05) is 11.6 Å². The van der Waals surface area contributed by atoms with E-state index in [0.717, 1.165) is 4.57 Å². The fourth-order valence-corrected chi connectivity index (χ4v) is 1.52. The number of aromatic nitrogens is 1. The molecule has 0 aliphatic rings. The number of hydrogen-bond acceptors (Lipinski definition) is 4. The third kappa shape index (κ3) is 1.90. The van der Waals surface area contributed by atoms with E-state index in [1.165, 1.54) is 14.0 Å². The second-order valence-electron chi connectivity index (χ2n) is 3.22. The van der Waals surface area contributed by atoms with Gasteiger partial charge in [0.05, 0.1) is 6.61 Å². The molecule has 0 saturated heterocycles. The van der Waals surface area contributed by atoms with Crippen molar-refractivity contribution in [1.29, 1.82) is 0 Å². The summed E-state index contributed by atoms with van der Waals surface area (Å²) in [5.74, 6) is -1.14. The molecule has 0 atom stereocenters. The van der Waals surface area contributed by atoms with E-state index >= 15 is 0 Å². The Morgan fingerprint density at radius 1 is 1.56 bits per heavy atom. The minimum Gasteiger partial charge on any atom is -0.494 e. The zero-order chi connectivity index (χ0) is 12.5. The maximum atomic E-state index is 11.5. The summed E-state index contributed by atoms with van der Waals surface area (Å²) < 4.78 is 5.67. The Morgan fingerprint density at radius 3 is 2.62 bits per heavy atom. The van der Waals surface area contributed by atoms with Crippen LogP contribution in [-0.2, 0) is 11.8 Å². The molecule has 0 amide bonds. The minimum absolute atomic E-state index is 0.0750. The van der Waals surface area contributed by atoms with Crippen molar-refractivity contribution in [2.45, 2.75) is 13.8 Å². The molecule has 0 saturated carbocycles. The quantitative estimate of drug-likeness (QED) is 0.796. The number of carbonyl (C=O) groups excluding carboxylic acids is 1. The molecule has 0 unspecified atom stereocenters. The smallest absolute Gasteiger partial charge is 0.343 e. The predicted octanol–water partition coefficient (Wildman–Crippen LogP) is 1.23. The molecule has 88 valence electrons. The number of rotatable bonds is 2. The summed E-state index contributed by atoms with van der Waals surface area (Å²) in [6.45, 7) is 3.31. The van der Waals surface area contributed by atoms with E-state index in [2.05, 4.69) is 0 Å². The van der Waals surface area contributed by atoms with Gasteiger partial charge in [0.25, 0.3) is 5.56 Å². The van der Waals surface area contributed by atoms with Gasteiger partial charge in [-0.05, 0) is 19.4 Å². The summed E-state index contributed by atoms with van der Waals surface area (Å²) >= 11 is 5.75.